The van der Waals surface area contributed by atoms with E-state index in [1.54, 1.807) is 33.4 Å². The van der Waals surface area contributed by atoms with E-state index in [9.17, 15) is 0 Å². The van der Waals surface area contributed by atoms with E-state index >= 15 is 0 Å². The largest absolute Gasteiger partial charge is 0.324 e. The minimum absolute atomic E-state index is 0.633. The fraction of sp³-hybridized carbons (Fsp3) is 0.777. The molecule has 0 saturated heterocycles. The zero-order chi connectivity index (χ0) is 70.4. The van der Waals surface area contributed by atoms with Gasteiger partial charge >= 0.3 is 0 Å². The van der Waals surface area contributed by atoms with Gasteiger partial charge in [0.05, 0.1) is 0 Å². The van der Waals surface area contributed by atoms with Crippen molar-refractivity contribution in [3.05, 3.63) is 87.5 Å². The van der Waals surface area contributed by atoms with Gasteiger partial charge in [-0.2, -0.15) is 15.0 Å². The van der Waals surface area contributed by atoms with Gasteiger partial charge in [-0.3, -0.25) is 0 Å². The van der Waals surface area contributed by atoms with Crippen LogP contribution in [0.5, 0.6) is 0 Å². The van der Waals surface area contributed by atoms with Gasteiger partial charge < -0.3 is 10.6 Å². The van der Waals surface area contributed by atoms with E-state index in [0.717, 1.165) is 48.4 Å². The number of aromatic nitrogens is 3. The van der Waals surface area contributed by atoms with E-state index in [2.05, 4.69) is 108 Å². The summed E-state index contributed by atoms with van der Waals surface area (Å²) < 4.78 is 0. The van der Waals surface area contributed by atoms with Crippen LogP contribution in [0.2, 0.25) is 0 Å². The van der Waals surface area contributed by atoms with Gasteiger partial charge in [-0.05, 0) is 142 Å². The average molecular weight is 1360 g/mol. The molecule has 0 aliphatic heterocycles. The number of benzene rings is 3. The Balaban J connectivity index is 1.73. The summed E-state index contributed by atoms with van der Waals surface area (Å²) in [5.74, 6) is 1.99. The summed E-state index contributed by atoms with van der Waals surface area (Å²) in [4.78, 5) is 16.1. The molecule has 5 heteroatoms. The lowest BCUT2D eigenvalue weighted by atomic mass is 9.89. The summed E-state index contributed by atoms with van der Waals surface area (Å²) >= 11 is 0. The standard InChI is InChI=1S/C94H163N5/c1-8-14-20-26-32-38-44-50-56-62-68-84-78-88(79-85(69-63-57-51-45-39-33-27-21-15-9-2)90(84)72-66-60-54-48-42-36-30-24-18-12-5)95-93-97-92(83-76-74-82(7)75-77-83)98-94(99-93)96-89-80-86(70-64-58-52-46-40-34-28-22-16-10-3)91(73-67-61-55-49-43-37-31-25-19-13-6)87(81-89)71-65-59-53-47-41-35-29-23-17-11-4/h74-81H,8-73H2,1-7H3,(H2,95,96,97,98,99). The van der Waals surface area contributed by atoms with Gasteiger partial charge in [-0.1, -0.05) is 418 Å². The molecule has 4 rings (SSSR count). The number of nitrogens with zero attached hydrogens (tertiary/aromatic N) is 3. The molecule has 0 saturated carbocycles. The van der Waals surface area contributed by atoms with Gasteiger partial charge in [0, 0.05) is 16.9 Å². The van der Waals surface area contributed by atoms with E-state index in [0.29, 0.717) is 11.9 Å². The smallest absolute Gasteiger partial charge is 0.232 e. The molecule has 1 heterocycles. The summed E-state index contributed by atoms with van der Waals surface area (Å²) in [5, 5.41) is 7.90. The van der Waals surface area contributed by atoms with Gasteiger partial charge in [0.15, 0.2) is 5.82 Å². The van der Waals surface area contributed by atoms with Crippen LogP contribution in [0.1, 0.15) is 466 Å². The number of unbranched alkanes of at least 4 members (excludes halogenated alkanes) is 54. The zero-order valence-electron chi connectivity index (χ0n) is 67.1. The Bertz CT molecular complexity index is 2220. The molecule has 0 fully saturated rings. The second kappa shape index (κ2) is 62.8. The first-order valence-corrected chi connectivity index (χ1v) is 44.6. The highest BCUT2D eigenvalue weighted by Crippen LogP contribution is 2.33. The topological polar surface area (TPSA) is 62.7 Å². The first kappa shape index (κ1) is 87.7. The Hall–Kier alpha value is -3.73. The normalized spacial score (nSPS) is 11.6. The van der Waals surface area contributed by atoms with Crippen molar-refractivity contribution in [2.75, 3.05) is 10.6 Å². The number of aryl methyl sites for hydroxylation is 5. The minimum atomic E-state index is 0.633. The van der Waals surface area contributed by atoms with Crippen molar-refractivity contribution < 1.29 is 0 Å². The van der Waals surface area contributed by atoms with E-state index in [1.165, 1.54) is 404 Å². The van der Waals surface area contributed by atoms with Crippen molar-refractivity contribution >= 4 is 23.3 Å². The molecule has 99 heavy (non-hydrogen) atoms. The second-order valence-corrected chi connectivity index (χ2v) is 31.6. The van der Waals surface area contributed by atoms with Crippen LogP contribution in [0.25, 0.3) is 11.4 Å². The molecule has 0 bridgehead atoms. The number of anilines is 4. The van der Waals surface area contributed by atoms with Crippen molar-refractivity contribution in [1.82, 2.24) is 15.0 Å². The summed E-state index contributed by atoms with van der Waals surface area (Å²) in [6, 6.07) is 19.0. The van der Waals surface area contributed by atoms with Crippen LogP contribution in [-0.2, 0) is 38.5 Å². The lowest BCUT2D eigenvalue weighted by Gasteiger charge is -2.20. The fourth-order valence-electron chi connectivity index (χ4n) is 15.6. The lowest BCUT2D eigenvalue weighted by molar-refractivity contribution is 0.551. The Labute approximate surface area is 616 Å². The maximum absolute atomic E-state index is 5.41. The zero-order valence-corrected chi connectivity index (χ0v) is 67.1. The molecule has 3 aromatic carbocycles. The number of nitrogens with one attached hydrogen (secondary N) is 2. The highest BCUT2D eigenvalue weighted by molar-refractivity contribution is 5.66. The molecule has 0 aliphatic carbocycles. The van der Waals surface area contributed by atoms with Crippen LogP contribution in [-0.4, -0.2) is 15.0 Å². The van der Waals surface area contributed by atoms with Gasteiger partial charge in [0.2, 0.25) is 11.9 Å². The Morgan fingerprint density at radius 3 is 0.626 bits per heavy atom. The molecule has 0 atom stereocenters. The minimum Gasteiger partial charge on any atom is -0.324 e. The predicted octanol–water partition coefficient (Wildman–Crippen LogP) is 32.1. The van der Waals surface area contributed by atoms with E-state index in [4.69, 9.17) is 15.0 Å². The third kappa shape index (κ3) is 44.5. The predicted molar refractivity (Wildman–Crippen MR) is 443 cm³/mol. The van der Waals surface area contributed by atoms with Crippen LogP contribution in [0.4, 0.5) is 23.3 Å². The Morgan fingerprint density at radius 2 is 0.414 bits per heavy atom. The van der Waals surface area contributed by atoms with Crippen LogP contribution in [0.15, 0.2) is 48.5 Å². The Kier molecular flexibility index (Phi) is 55.6. The molecule has 4 aromatic rings. The molecule has 0 amide bonds. The van der Waals surface area contributed by atoms with E-state index in [-0.39, 0.29) is 0 Å². The van der Waals surface area contributed by atoms with Crippen molar-refractivity contribution in [1.29, 1.82) is 0 Å². The third-order valence-corrected chi connectivity index (χ3v) is 22.1. The number of hydrogen-bond acceptors (Lipinski definition) is 5. The van der Waals surface area contributed by atoms with Crippen LogP contribution in [0.3, 0.4) is 0 Å². The summed E-state index contributed by atoms with van der Waals surface area (Å²) in [6.45, 7) is 16.2. The van der Waals surface area contributed by atoms with E-state index in [1.807, 2.05) is 0 Å². The molecule has 1 aromatic heterocycles. The molecule has 0 spiro atoms. The number of hydrogen-bond donors (Lipinski definition) is 2. The third-order valence-electron chi connectivity index (χ3n) is 22.1. The highest BCUT2D eigenvalue weighted by Gasteiger charge is 2.18. The maximum Gasteiger partial charge on any atom is 0.232 e. The molecule has 0 unspecified atom stereocenters. The summed E-state index contributed by atoms with van der Waals surface area (Å²) in [7, 11) is 0. The van der Waals surface area contributed by atoms with Crippen molar-refractivity contribution in [2.24, 2.45) is 0 Å². The molecule has 0 aliphatic rings. The first-order chi connectivity index (χ1) is 48.9. The first-order valence-electron chi connectivity index (χ1n) is 44.6. The Morgan fingerprint density at radius 1 is 0.222 bits per heavy atom. The quantitative estimate of drug-likeness (QED) is 0.0431. The van der Waals surface area contributed by atoms with Crippen LogP contribution >= 0.6 is 0 Å². The molecule has 2 N–H and O–H groups in total. The summed E-state index contributed by atoms with van der Waals surface area (Å²) in [6.07, 6.45) is 89.3. The molecule has 564 valence electrons. The highest BCUT2D eigenvalue weighted by atomic mass is 15.2. The monoisotopic (exact) mass is 1360 g/mol. The molecular weight excluding hydrogens is 1200 g/mol. The van der Waals surface area contributed by atoms with E-state index < -0.39 is 0 Å². The van der Waals surface area contributed by atoms with Crippen LogP contribution < -0.4 is 10.6 Å². The van der Waals surface area contributed by atoms with Gasteiger partial charge in [-0.25, -0.2) is 0 Å². The van der Waals surface area contributed by atoms with Gasteiger partial charge in [0.25, 0.3) is 0 Å². The van der Waals surface area contributed by atoms with Crippen LogP contribution in [0, 0.1) is 6.92 Å². The maximum atomic E-state index is 5.41. The summed E-state index contributed by atoms with van der Waals surface area (Å²) in [5.41, 5.74) is 14.2. The second-order valence-electron chi connectivity index (χ2n) is 31.6. The van der Waals surface area contributed by atoms with Crippen molar-refractivity contribution in [3.63, 3.8) is 0 Å². The van der Waals surface area contributed by atoms with Gasteiger partial charge in [-0.15, -0.1) is 0 Å². The average Bonchev–Trinajstić information content (AvgIpc) is 0.816. The molecule has 0 radical (unpaired) electrons. The number of rotatable bonds is 71. The SMILES string of the molecule is CCCCCCCCCCCCc1cc(Nc2nc(Nc3cc(CCCCCCCCCCCC)c(CCCCCCCCCCCC)c(CCCCCCCCCCCC)c3)nc(-c3ccc(C)cc3)n2)cc(CCCCCCCCCCCC)c1CCCCCCCCCCCC. The van der Waals surface area contributed by atoms with Crippen molar-refractivity contribution in [3.8, 4) is 11.4 Å². The fourth-order valence-corrected chi connectivity index (χ4v) is 15.6. The molecule has 5 nitrogen and oxygen atoms in total. The molecular formula is C94H163N5. The van der Waals surface area contributed by atoms with Gasteiger partial charge in [0.1, 0.15) is 0 Å². The van der Waals surface area contributed by atoms with Crippen molar-refractivity contribution in [2.45, 2.75) is 472 Å². The lowest BCUT2D eigenvalue weighted by Crippen LogP contribution is -2.09.